The molecule has 1 aromatic carbocycles. The lowest BCUT2D eigenvalue weighted by atomic mass is 9.95. The molecule has 4 nitrogen and oxygen atoms in total. The number of methoxy groups -OCH3 is 1. The van der Waals surface area contributed by atoms with E-state index >= 15 is 0 Å². The molecule has 0 aromatic heterocycles. The molecule has 0 amide bonds. The Morgan fingerprint density at radius 3 is 2.70 bits per heavy atom. The molecule has 0 aliphatic rings. The van der Waals surface area contributed by atoms with Crippen LogP contribution < -0.4 is 10.1 Å². The number of carbonyl (C=O) groups excluding carboxylic acids is 1. The van der Waals surface area contributed by atoms with Crippen LogP contribution in [0.2, 0.25) is 0 Å². The quantitative estimate of drug-likeness (QED) is 0.772. The number of benzene rings is 1. The van der Waals surface area contributed by atoms with Gasteiger partial charge in [-0.2, -0.15) is 0 Å². The Kier molecular flexibility index (Phi) is 6.49. The van der Waals surface area contributed by atoms with E-state index in [9.17, 15) is 4.79 Å². The Hall–Kier alpha value is -1.07. The van der Waals surface area contributed by atoms with E-state index in [0.29, 0.717) is 0 Å². The zero-order valence-corrected chi connectivity index (χ0v) is 14.0. The molecule has 0 radical (unpaired) electrons. The summed E-state index contributed by atoms with van der Waals surface area (Å²) in [5, 5.41) is 3.27. The Morgan fingerprint density at radius 2 is 2.10 bits per heavy atom. The summed E-state index contributed by atoms with van der Waals surface area (Å²) < 4.78 is 11.5. The number of para-hydroxylation sites is 1. The fourth-order valence-electron chi connectivity index (χ4n) is 1.70. The Bertz CT molecular complexity index is 460. The van der Waals surface area contributed by atoms with E-state index < -0.39 is 5.41 Å². The van der Waals surface area contributed by atoms with Crippen molar-refractivity contribution in [2.45, 2.75) is 27.3 Å². The van der Waals surface area contributed by atoms with Crippen LogP contribution in [0.1, 0.15) is 26.3 Å². The van der Waals surface area contributed by atoms with E-state index in [-0.39, 0.29) is 12.6 Å². The minimum atomic E-state index is -0.681. The van der Waals surface area contributed by atoms with Crippen LogP contribution in [-0.2, 0) is 16.1 Å². The van der Waals surface area contributed by atoms with Crippen LogP contribution in [0.3, 0.4) is 0 Å². The van der Waals surface area contributed by atoms with Crippen molar-refractivity contribution in [3.63, 3.8) is 0 Å². The molecular weight excluding hydrogens is 322 g/mol. The highest BCUT2D eigenvalue weighted by Crippen LogP contribution is 2.31. The van der Waals surface area contributed by atoms with Crippen LogP contribution in [0.4, 0.5) is 0 Å². The lowest BCUT2D eigenvalue weighted by Gasteiger charge is -2.23. The molecule has 1 aromatic rings. The summed E-state index contributed by atoms with van der Waals surface area (Å²) in [7, 11) is 1.39. The van der Waals surface area contributed by atoms with Gasteiger partial charge in [0, 0.05) is 12.1 Å². The summed E-state index contributed by atoms with van der Waals surface area (Å²) in [6.45, 7) is 7.54. The number of ether oxygens (including phenoxy) is 2. The molecular formula is C15H22BrNO3. The molecule has 0 bridgehead atoms. The molecule has 0 saturated carbocycles. The molecule has 112 valence electrons. The number of nitrogens with one attached hydrogen (secondary N) is 1. The lowest BCUT2D eigenvalue weighted by molar-refractivity contribution is -0.152. The van der Waals surface area contributed by atoms with Gasteiger partial charge in [-0.05, 0) is 42.4 Å². The lowest BCUT2D eigenvalue weighted by Crippen LogP contribution is -2.32. The average Bonchev–Trinajstić information content (AvgIpc) is 2.43. The maximum Gasteiger partial charge on any atom is 0.314 e. The van der Waals surface area contributed by atoms with Gasteiger partial charge in [-0.25, -0.2) is 0 Å². The molecule has 0 aliphatic carbocycles. The largest absolute Gasteiger partial charge is 0.491 e. The number of hydrogen-bond donors (Lipinski definition) is 1. The van der Waals surface area contributed by atoms with Gasteiger partial charge in [0.1, 0.15) is 12.4 Å². The Balaban J connectivity index is 2.83. The van der Waals surface area contributed by atoms with E-state index in [2.05, 4.69) is 28.2 Å². The third-order valence-corrected chi connectivity index (χ3v) is 3.55. The zero-order valence-electron chi connectivity index (χ0n) is 12.5. The van der Waals surface area contributed by atoms with Crippen molar-refractivity contribution < 1.29 is 14.3 Å². The predicted molar refractivity (Wildman–Crippen MR) is 82.8 cm³/mol. The molecule has 1 N–H and O–H groups in total. The summed E-state index contributed by atoms with van der Waals surface area (Å²) in [6.07, 6.45) is 0. The molecule has 0 aliphatic heterocycles. The Labute approximate surface area is 129 Å². The molecule has 1 rings (SSSR count). The van der Waals surface area contributed by atoms with Gasteiger partial charge in [-0.15, -0.1) is 0 Å². The van der Waals surface area contributed by atoms with Crippen molar-refractivity contribution in [1.82, 2.24) is 5.32 Å². The maximum atomic E-state index is 11.7. The van der Waals surface area contributed by atoms with Gasteiger partial charge in [0.05, 0.1) is 17.0 Å². The summed E-state index contributed by atoms with van der Waals surface area (Å²) >= 11 is 3.49. The highest BCUT2D eigenvalue weighted by Gasteiger charge is 2.30. The van der Waals surface area contributed by atoms with Gasteiger partial charge >= 0.3 is 5.97 Å². The van der Waals surface area contributed by atoms with Gasteiger partial charge in [0.2, 0.25) is 0 Å². The first-order valence-electron chi connectivity index (χ1n) is 6.61. The van der Waals surface area contributed by atoms with E-state index in [4.69, 9.17) is 9.47 Å². The van der Waals surface area contributed by atoms with E-state index in [1.54, 1.807) is 13.8 Å². The second-order valence-corrected chi connectivity index (χ2v) is 6.03. The molecule has 0 atom stereocenters. The van der Waals surface area contributed by atoms with Crippen molar-refractivity contribution >= 4 is 21.9 Å². The summed E-state index contributed by atoms with van der Waals surface area (Å²) in [6, 6.07) is 5.90. The standard InChI is InChI=1S/C15H22BrNO3/c1-5-17-9-11-7-6-8-12(16)13(11)20-10-15(2,3)14(18)19-4/h6-8,17H,5,9-10H2,1-4H3. The smallest absolute Gasteiger partial charge is 0.314 e. The van der Waals surface area contributed by atoms with Gasteiger partial charge in [-0.1, -0.05) is 19.1 Å². The predicted octanol–water partition coefficient (Wildman–Crippen LogP) is 3.14. The molecule has 0 saturated heterocycles. The normalized spacial score (nSPS) is 11.2. The highest BCUT2D eigenvalue weighted by molar-refractivity contribution is 9.10. The van der Waals surface area contributed by atoms with Crippen molar-refractivity contribution in [2.75, 3.05) is 20.3 Å². The van der Waals surface area contributed by atoms with E-state index in [0.717, 1.165) is 28.9 Å². The van der Waals surface area contributed by atoms with Crippen LogP contribution in [0.25, 0.3) is 0 Å². The maximum absolute atomic E-state index is 11.7. The van der Waals surface area contributed by atoms with Gasteiger partial charge < -0.3 is 14.8 Å². The van der Waals surface area contributed by atoms with Crippen LogP contribution >= 0.6 is 15.9 Å². The topological polar surface area (TPSA) is 47.6 Å². The first-order valence-corrected chi connectivity index (χ1v) is 7.41. The van der Waals surface area contributed by atoms with Gasteiger partial charge in [-0.3, -0.25) is 4.79 Å². The number of rotatable bonds is 7. The average molecular weight is 344 g/mol. The third-order valence-electron chi connectivity index (χ3n) is 2.93. The van der Waals surface area contributed by atoms with E-state index in [1.165, 1.54) is 7.11 Å². The summed E-state index contributed by atoms with van der Waals surface area (Å²) in [5.41, 5.74) is 0.376. The fourth-order valence-corrected chi connectivity index (χ4v) is 2.22. The molecule has 0 fully saturated rings. The zero-order chi connectivity index (χ0) is 15.2. The number of hydrogen-bond acceptors (Lipinski definition) is 4. The van der Waals surface area contributed by atoms with E-state index in [1.807, 2.05) is 18.2 Å². The second kappa shape index (κ2) is 7.64. The SMILES string of the molecule is CCNCc1cccc(Br)c1OCC(C)(C)C(=O)OC. The molecule has 0 unspecified atom stereocenters. The third kappa shape index (κ3) is 4.49. The molecule has 5 heteroatoms. The van der Waals surface area contributed by atoms with Gasteiger partial charge in [0.25, 0.3) is 0 Å². The van der Waals surface area contributed by atoms with Crippen molar-refractivity contribution in [3.05, 3.63) is 28.2 Å². The minimum absolute atomic E-state index is 0.265. The summed E-state index contributed by atoms with van der Waals surface area (Å²) in [5.74, 6) is 0.489. The van der Waals surface area contributed by atoms with Crippen molar-refractivity contribution in [3.8, 4) is 5.75 Å². The van der Waals surface area contributed by atoms with Crippen molar-refractivity contribution in [1.29, 1.82) is 0 Å². The monoisotopic (exact) mass is 343 g/mol. The molecule has 0 spiro atoms. The molecule has 20 heavy (non-hydrogen) atoms. The first kappa shape index (κ1) is 17.0. The number of halogens is 1. The van der Waals surface area contributed by atoms with Crippen molar-refractivity contribution in [2.24, 2.45) is 5.41 Å². The first-order chi connectivity index (χ1) is 9.42. The fraction of sp³-hybridized carbons (Fsp3) is 0.533. The minimum Gasteiger partial charge on any atom is -0.491 e. The van der Waals surface area contributed by atoms with Crippen LogP contribution in [0.5, 0.6) is 5.75 Å². The Morgan fingerprint density at radius 1 is 1.40 bits per heavy atom. The molecule has 0 heterocycles. The number of esters is 1. The van der Waals surface area contributed by atoms with Gasteiger partial charge in [0.15, 0.2) is 0 Å². The second-order valence-electron chi connectivity index (χ2n) is 5.17. The summed E-state index contributed by atoms with van der Waals surface area (Å²) in [4.78, 5) is 11.7. The van der Waals surface area contributed by atoms with Crippen LogP contribution in [0.15, 0.2) is 22.7 Å². The van der Waals surface area contributed by atoms with Crippen LogP contribution in [-0.4, -0.2) is 26.2 Å². The number of carbonyl (C=O) groups is 1. The van der Waals surface area contributed by atoms with Crippen LogP contribution in [0, 0.1) is 5.41 Å². The highest BCUT2D eigenvalue weighted by atomic mass is 79.9.